The molecule has 0 aliphatic heterocycles. The van der Waals surface area contributed by atoms with Crippen LogP contribution in [0.15, 0.2) is 24.3 Å². The summed E-state index contributed by atoms with van der Waals surface area (Å²) in [4.78, 5) is 26.5. The Kier molecular flexibility index (Phi) is 7.85. The Bertz CT molecular complexity index is 542. The van der Waals surface area contributed by atoms with Crippen molar-refractivity contribution in [1.29, 1.82) is 0 Å². The molecule has 0 saturated carbocycles. The summed E-state index contributed by atoms with van der Waals surface area (Å²) in [5, 5.41) is 5.58. The van der Waals surface area contributed by atoms with Crippen LogP contribution in [0.5, 0.6) is 0 Å². The van der Waals surface area contributed by atoms with Crippen molar-refractivity contribution in [2.45, 2.75) is 26.7 Å². The van der Waals surface area contributed by atoms with Crippen molar-refractivity contribution in [1.82, 2.24) is 15.5 Å². The average molecular weight is 337 g/mol. The van der Waals surface area contributed by atoms with Crippen LogP contribution in [-0.2, 0) is 16.0 Å². The Morgan fingerprint density at radius 1 is 1.04 bits per heavy atom. The highest BCUT2D eigenvalue weighted by molar-refractivity contribution is 6.04. The van der Waals surface area contributed by atoms with Crippen LogP contribution in [0.2, 0.25) is 0 Å². The molecular formula is C18H28FN3O2. The van der Waals surface area contributed by atoms with Gasteiger partial charge in [-0.25, -0.2) is 4.39 Å². The Labute approximate surface area is 143 Å². The third-order valence-corrected chi connectivity index (χ3v) is 3.82. The number of amides is 2. The van der Waals surface area contributed by atoms with E-state index in [0.29, 0.717) is 19.5 Å². The van der Waals surface area contributed by atoms with Crippen LogP contribution in [-0.4, -0.2) is 50.4 Å². The fourth-order valence-corrected chi connectivity index (χ4v) is 2.11. The smallest absolute Gasteiger partial charge is 0.235 e. The number of hydrogen-bond acceptors (Lipinski definition) is 3. The van der Waals surface area contributed by atoms with Gasteiger partial charge in [-0.1, -0.05) is 12.1 Å². The topological polar surface area (TPSA) is 61.4 Å². The predicted molar refractivity (Wildman–Crippen MR) is 93.1 cm³/mol. The van der Waals surface area contributed by atoms with E-state index in [1.54, 1.807) is 26.0 Å². The van der Waals surface area contributed by atoms with E-state index in [1.807, 2.05) is 19.0 Å². The number of nitrogens with zero attached hydrogens (tertiary/aromatic N) is 1. The normalized spacial score (nSPS) is 11.4. The molecule has 0 unspecified atom stereocenters. The third-order valence-electron chi connectivity index (χ3n) is 3.82. The number of halogens is 1. The van der Waals surface area contributed by atoms with Gasteiger partial charge in [0.05, 0.1) is 0 Å². The summed E-state index contributed by atoms with van der Waals surface area (Å²) >= 11 is 0. The molecule has 0 fully saturated rings. The fraction of sp³-hybridized carbons (Fsp3) is 0.556. The Morgan fingerprint density at radius 3 is 2.12 bits per heavy atom. The van der Waals surface area contributed by atoms with Gasteiger partial charge >= 0.3 is 0 Å². The lowest BCUT2D eigenvalue weighted by Gasteiger charge is -2.23. The summed E-state index contributed by atoms with van der Waals surface area (Å²) in [6.07, 6.45) is 1.42. The summed E-state index contributed by atoms with van der Waals surface area (Å²) in [6, 6.07) is 6.15. The first-order chi connectivity index (χ1) is 11.2. The molecule has 0 aromatic heterocycles. The van der Waals surface area contributed by atoms with Crippen LogP contribution < -0.4 is 10.6 Å². The van der Waals surface area contributed by atoms with Gasteiger partial charge in [0.25, 0.3) is 0 Å². The van der Waals surface area contributed by atoms with E-state index in [-0.39, 0.29) is 17.6 Å². The lowest BCUT2D eigenvalue weighted by atomic mass is 9.91. The number of hydrogen-bond donors (Lipinski definition) is 2. The third kappa shape index (κ3) is 6.66. The Balaban J connectivity index is 2.37. The second kappa shape index (κ2) is 9.37. The van der Waals surface area contributed by atoms with Crippen molar-refractivity contribution < 1.29 is 14.0 Å². The van der Waals surface area contributed by atoms with Crippen molar-refractivity contribution in [2.75, 3.05) is 33.7 Å². The van der Waals surface area contributed by atoms with E-state index in [9.17, 15) is 14.0 Å². The van der Waals surface area contributed by atoms with Gasteiger partial charge in [0.15, 0.2) is 0 Å². The molecule has 0 aliphatic rings. The second-order valence-corrected chi connectivity index (χ2v) is 6.67. The average Bonchev–Trinajstić information content (AvgIpc) is 2.52. The molecule has 1 aromatic carbocycles. The van der Waals surface area contributed by atoms with Crippen molar-refractivity contribution in [3.05, 3.63) is 35.6 Å². The van der Waals surface area contributed by atoms with Crippen molar-refractivity contribution in [3.63, 3.8) is 0 Å². The van der Waals surface area contributed by atoms with Gasteiger partial charge in [0.1, 0.15) is 11.2 Å². The summed E-state index contributed by atoms with van der Waals surface area (Å²) in [5.41, 5.74) is -0.191. The molecule has 0 saturated heterocycles. The van der Waals surface area contributed by atoms with E-state index in [2.05, 4.69) is 10.6 Å². The number of rotatable bonds is 9. The molecule has 1 aromatic rings. The van der Waals surface area contributed by atoms with Gasteiger partial charge in [0.2, 0.25) is 11.8 Å². The van der Waals surface area contributed by atoms with Crippen molar-refractivity contribution >= 4 is 11.8 Å². The SMILES string of the molecule is CN(C)CCCNC(=O)C(C)(C)C(=O)NCCc1ccc(F)cc1. The highest BCUT2D eigenvalue weighted by Gasteiger charge is 2.35. The van der Waals surface area contributed by atoms with E-state index in [4.69, 9.17) is 0 Å². The lowest BCUT2D eigenvalue weighted by Crippen LogP contribution is -2.48. The lowest BCUT2D eigenvalue weighted by molar-refractivity contribution is -0.141. The number of benzene rings is 1. The van der Waals surface area contributed by atoms with Gasteiger partial charge in [-0.3, -0.25) is 9.59 Å². The molecule has 0 heterocycles. The molecule has 1 rings (SSSR count). The van der Waals surface area contributed by atoms with E-state index < -0.39 is 5.41 Å². The molecule has 0 spiro atoms. The first kappa shape index (κ1) is 20.1. The zero-order valence-corrected chi connectivity index (χ0v) is 15.0. The van der Waals surface area contributed by atoms with Crippen LogP contribution in [0.3, 0.4) is 0 Å². The highest BCUT2D eigenvalue weighted by Crippen LogP contribution is 2.15. The molecule has 0 bridgehead atoms. The summed E-state index contributed by atoms with van der Waals surface area (Å²) in [7, 11) is 3.95. The first-order valence-electron chi connectivity index (χ1n) is 8.19. The standard InChI is InChI=1S/C18H28FN3O2/c1-18(2,16(23)20-11-5-13-22(3)4)17(24)21-12-10-14-6-8-15(19)9-7-14/h6-9H,5,10-13H2,1-4H3,(H,20,23)(H,21,24). The van der Waals surface area contributed by atoms with Crippen LogP contribution in [0.1, 0.15) is 25.8 Å². The summed E-state index contributed by atoms with van der Waals surface area (Å²) in [6.45, 7) is 5.05. The fourth-order valence-electron chi connectivity index (χ4n) is 2.11. The first-order valence-corrected chi connectivity index (χ1v) is 8.19. The predicted octanol–water partition coefficient (Wildman–Crippen LogP) is 1.58. The van der Waals surface area contributed by atoms with Crippen molar-refractivity contribution in [3.8, 4) is 0 Å². The Hall–Kier alpha value is -1.95. The van der Waals surface area contributed by atoms with E-state index >= 15 is 0 Å². The zero-order chi connectivity index (χ0) is 18.2. The van der Waals surface area contributed by atoms with Gasteiger partial charge in [-0.2, -0.15) is 0 Å². The second-order valence-electron chi connectivity index (χ2n) is 6.67. The molecule has 0 radical (unpaired) electrons. The zero-order valence-electron chi connectivity index (χ0n) is 15.0. The quantitative estimate of drug-likeness (QED) is 0.531. The molecule has 0 aliphatic carbocycles. The molecule has 2 amide bonds. The van der Waals surface area contributed by atoms with Crippen molar-refractivity contribution in [2.24, 2.45) is 5.41 Å². The van der Waals surface area contributed by atoms with Gasteiger partial charge in [0, 0.05) is 13.1 Å². The molecule has 0 atom stereocenters. The summed E-state index contributed by atoms with van der Waals surface area (Å²) in [5.74, 6) is -0.870. The van der Waals surface area contributed by atoms with Crippen LogP contribution >= 0.6 is 0 Å². The maximum atomic E-state index is 12.8. The van der Waals surface area contributed by atoms with Gasteiger partial charge in [-0.15, -0.1) is 0 Å². The largest absolute Gasteiger partial charge is 0.355 e. The number of carbonyl (C=O) groups excluding carboxylic acids is 2. The minimum Gasteiger partial charge on any atom is -0.355 e. The molecular weight excluding hydrogens is 309 g/mol. The minimum absolute atomic E-state index is 0.277. The molecule has 6 heteroatoms. The maximum absolute atomic E-state index is 12.8. The monoisotopic (exact) mass is 337 g/mol. The maximum Gasteiger partial charge on any atom is 0.235 e. The molecule has 2 N–H and O–H groups in total. The summed E-state index contributed by atoms with van der Waals surface area (Å²) < 4.78 is 12.8. The Morgan fingerprint density at radius 2 is 1.58 bits per heavy atom. The number of nitrogens with one attached hydrogen (secondary N) is 2. The van der Waals surface area contributed by atoms with Crippen LogP contribution in [0.4, 0.5) is 4.39 Å². The number of carbonyl (C=O) groups is 2. The molecule has 5 nitrogen and oxygen atoms in total. The molecule has 24 heavy (non-hydrogen) atoms. The van der Waals surface area contributed by atoms with Crippen LogP contribution in [0, 0.1) is 11.2 Å². The van der Waals surface area contributed by atoms with Gasteiger partial charge in [-0.05, 0) is 65.0 Å². The van der Waals surface area contributed by atoms with Gasteiger partial charge < -0.3 is 15.5 Å². The minimum atomic E-state index is -1.12. The van der Waals surface area contributed by atoms with E-state index in [0.717, 1.165) is 18.5 Å². The van der Waals surface area contributed by atoms with E-state index in [1.165, 1.54) is 12.1 Å². The highest BCUT2D eigenvalue weighted by atomic mass is 19.1. The molecule has 134 valence electrons. The van der Waals surface area contributed by atoms with Crippen LogP contribution in [0.25, 0.3) is 0 Å².